The lowest BCUT2D eigenvalue weighted by Crippen LogP contribution is -2.61. The Balaban J connectivity index is 2.82. The molecule has 0 aromatic heterocycles. The molecule has 0 spiro atoms. The summed E-state index contributed by atoms with van der Waals surface area (Å²) in [6, 6.07) is -0.0764. The van der Waals surface area contributed by atoms with Crippen molar-refractivity contribution in [3.05, 3.63) is 0 Å². The first-order chi connectivity index (χ1) is 7.17. The highest BCUT2D eigenvalue weighted by molar-refractivity contribution is 5.84. The van der Waals surface area contributed by atoms with E-state index < -0.39 is 0 Å². The van der Waals surface area contributed by atoms with E-state index in [4.69, 9.17) is 15.7 Å². The summed E-state index contributed by atoms with van der Waals surface area (Å²) in [5.41, 5.74) is 5.21. The summed E-state index contributed by atoms with van der Waals surface area (Å²) in [6.45, 7) is 11.7. The van der Waals surface area contributed by atoms with Crippen molar-refractivity contribution in [3.8, 4) is 0 Å². The van der Waals surface area contributed by atoms with Gasteiger partial charge in [0.2, 0.25) is 0 Å². The highest BCUT2D eigenvalue weighted by atomic mass is 16.5. The standard InChI is InChI=1S/C11H23N3O2/c1-8(9(12)13-15)14-6-10(2,3)16-11(4,5)7-14/h8,15H,6-7H2,1-5H3,(H2,12,13). The summed E-state index contributed by atoms with van der Waals surface area (Å²) in [5.74, 6) is 0.244. The largest absolute Gasteiger partial charge is 0.409 e. The van der Waals surface area contributed by atoms with Crippen LogP contribution in [0.4, 0.5) is 0 Å². The fourth-order valence-electron chi connectivity index (χ4n) is 2.39. The highest BCUT2D eigenvalue weighted by Gasteiger charge is 2.40. The summed E-state index contributed by atoms with van der Waals surface area (Å²) in [7, 11) is 0. The molecule has 0 aromatic rings. The van der Waals surface area contributed by atoms with E-state index in [1.165, 1.54) is 0 Å². The summed E-state index contributed by atoms with van der Waals surface area (Å²) >= 11 is 0. The van der Waals surface area contributed by atoms with Crippen molar-refractivity contribution in [2.24, 2.45) is 10.9 Å². The SMILES string of the molecule is CC(C(N)=NO)N1CC(C)(C)OC(C)(C)C1. The Morgan fingerprint density at radius 1 is 1.31 bits per heavy atom. The van der Waals surface area contributed by atoms with Crippen LogP contribution in [0.2, 0.25) is 0 Å². The van der Waals surface area contributed by atoms with Crippen molar-refractivity contribution < 1.29 is 9.94 Å². The van der Waals surface area contributed by atoms with E-state index in [9.17, 15) is 0 Å². The molecule has 0 radical (unpaired) electrons. The predicted molar refractivity (Wildman–Crippen MR) is 63.7 cm³/mol. The first kappa shape index (κ1) is 13.3. The Bertz CT molecular complexity index is 271. The third kappa shape index (κ3) is 3.09. The second kappa shape index (κ2) is 4.22. The second-order valence-electron chi connectivity index (χ2n) is 5.73. The van der Waals surface area contributed by atoms with E-state index in [2.05, 4.69) is 37.8 Å². The van der Waals surface area contributed by atoms with Crippen LogP contribution in [0, 0.1) is 0 Å². The third-order valence-electron chi connectivity index (χ3n) is 2.81. The van der Waals surface area contributed by atoms with Gasteiger partial charge in [0.25, 0.3) is 0 Å². The number of hydrogen-bond donors (Lipinski definition) is 2. The Kier molecular flexibility index (Phi) is 3.50. The smallest absolute Gasteiger partial charge is 0.156 e. The molecule has 0 amide bonds. The van der Waals surface area contributed by atoms with Crippen LogP contribution in [-0.2, 0) is 4.74 Å². The first-order valence-corrected chi connectivity index (χ1v) is 5.58. The number of hydrogen-bond acceptors (Lipinski definition) is 4. The van der Waals surface area contributed by atoms with Gasteiger partial charge in [-0.2, -0.15) is 0 Å². The molecule has 1 unspecified atom stereocenters. The van der Waals surface area contributed by atoms with Crippen LogP contribution in [0.25, 0.3) is 0 Å². The second-order valence-corrected chi connectivity index (χ2v) is 5.73. The number of oxime groups is 1. The van der Waals surface area contributed by atoms with E-state index in [0.29, 0.717) is 0 Å². The Morgan fingerprint density at radius 2 is 1.75 bits per heavy atom. The van der Waals surface area contributed by atoms with Crippen molar-refractivity contribution in [1.29, 1.82) is 0 Å². The maximum atomic E-state index is 8.70. The van der Waals surface area contributed by atoms with Crippen LogP contribution in [0.15, 0.2) is 5.16 Å². The lowest BCUT2D eigenvalue weighted by atomic mass is 9.97. The first-order valence-electron chi connectivity index (χ1n) is 5.58. The van der Waals surface area contributed by atoms with Gasteiger partial charge >= 0.3 is 0 Å². The van der Waals surface area contributed by atoms with E-state index in [-0.39, 0.29) is 23.1 Å². The van der Waals surface area contributed by atoms with Gasteiger partial charge in [0.15, 0.2) is 5.84 Å². The lowest BCUT2D eigenvalue weighted by Gasteiger charge is -2.48. The zero-order valence-electron chi connectivity index (χ0n) is 10.8. The molecule has 1 fully saturated rings. The molecule has 16 heavy (non-hydrogen) atoms. The maximum Gasteiger partial charge on any atom is 0.156 e. The van der Waals surface area contributed by atoms with Gasteiger partial charge in [0, 0.05) is 13.1 Å². The van der Waals surface area contributed by atoms with Gasteiger partial charge in [-0.05, 0) is 34.6 Å². The summed E-state index contributed by atoms with van der Waals surface area (Å²) < 4.78 is 5.97. The fourth-order valence-corrected chi connectivity index (χ4v) is 2.39. The molecule has 0 aliphatic carbocycles. The van der Waals surface area contributed by atoms with Crippen LogP contribution in [0.3, 0.4) is 0 Å². The van der Waals surface area contributed by atoms with Crippen molar-refractivity contribution in [3.63, 3.8) is 0 Å². The van der Waals surface area contributed by atoms with Gasteiger partial charge in [-0.1, -0.05) is 5.16 Å². The molecular weight excluding hydrogens is 206 g/mol. The molecule has 1 aliphatic heterocycles. The van der Waals surface area contributed by atoms with Gasteiger partial charge in [-0.3, -0.25) is 4.90 Å². The van der Waals surface area contributed by atoms with Crippen LogP contribution >= 0.6 is 0 Å². The Morgan fingerprint density at radius 3 is 2.12 bits per heavy atom. The molecule has 0 bridgehead atoms. The number of nitrogens with two attached hydrogens (primary N) is 1. The zero-order valence-corrected chi connectivity index (χ0v) is 10.8. The minimum absolute atomic E-state index is 0.0764. The van der Waals surface area contributed by atoms with Gasteiger partial charge in [0.1, 0.15) is 0 Å². The lowest BCUT2D eigenvalue weighted by molar-refractivity contribution is -0.183. The van der Waals surface area contributed by atoms with Crippen LogP contribution in [0.5, 0.6) is 0 Å². The molecule has 1 atom stereocenters. The van der Waals surface area contributed by atoms with E-state index in [1.54, 1.807) is 0 Å². The maximum absolute atomic E-state index is 8.70. The molecule has 0 aromatic carbocycles. The summed E-state index contributed by atoms with van der Waals surface area (Å²) in [6.07, 6.45) is 0. The van der Waals surface area contributed by atoms with Gasteiger partial charge in [0.05, 0.1) is 17.2 Å². The van der Waals surface area contributed by atoms with E-state index in [1.807, 2.05) is 6.92 Å². The zero-order chi connectivity index (χ0) is 12.6. The van der Waals surface area contributed by atoms with Crippen molar-refractivity contribution >= 4 is 5.84 Å². The molecular formula is C11H23N3O2. The average molecular weight is 229 g/mol. The Labute approximate surface area is 97.2 Å². The predicted octanol–water partition coefficient (Wildman–Crippen LogP) is 1.01. The molecule has 1 saturated heterocycles. The fraction of sp³-hybridized carbons (Fsp3) is 0.909. The van der Waals surface area contributed by atoms with Crippen molar-refractivity contribution in [1.82, 2.24) is 4.90 Å². The topological polar surface area (TPSA) is 71.1 Å². The van der Waals surface area contributed by atoms with Crippen LogP contribution in [0.1, 0.15) is 34.6 Å². The summed E-state index contributed by atoms with van der Waals surface area (Å²) in [5, 5.41) is 11.8. The Hall–Kier alpha value is -0.810. The normalized spacial score (nSPS) is 27.7. The van der Waals surface area contributed by atoms with Gasteiger partial charge in [-0.25, -0.2) is 0 Å². The monoisotopic (exact) mass is 229 g/mol. The highest BCUT2D eigenvalue weighted by Crippen LogP contribution is 2.29. The van der Waals surface area contributed by atoms with Crippen molar-refractivity contribution in [2.45, 2.75) is 51.9 Å². The number of amidine groups is 1. The summed E-state index contributed by atoms with van der Waals surface area (Å²) in [4.78, 5) is 2.18. The van der Waals surface area contributed by atoms with Crippen LogP contribution in [-0.4, -0.2) is 46.3 Å². The van der Waals surface area contributed by atoms with Crippen LogP contribution < -0.4 is 5.73 Å². The van der Waals surface area contributed by atoms with Crippen molar-refractivity contribution in [2.75, 3.05) is 13.1 Å². The molecule has 5 nitrogen and oxygen atoms in total. The molecule has 5 heteroatoms. The minimum Gasteiger partial charge on any atom is -0.409 e. The average Bonchev–Trinajstić information content (AvgIpc) is 2.10. The molecule has 1 rings (SSSR count). The van der Waals surface area contributed by atoms with Gasteiger partial charge < -0.3 is 15.7 Å². The van der Waals surface area contributed by atoms with E-state index in [0.717, 1.165) is 13.1 Å². The molecule has 1 heterocycles. The van der Waals surface area contributed by atoms with E-state index >= 15 is 0 Å². The number of morpholine rings is 1. The number of nitrogens with zero attached hydrogens (tertiary/aromatic N) is 2. The molecule has 0 saturated carbocycles. The number of rotatable bonds is 2. The minimum atomic E-state index is -0.217. The third-order valence-corrected chi connectivity index (χ3v) is 2.81. The van der Waals surface area contributed by atoms with Gasteiger partial charge in [-0.15, -0.1) is 0 Å². The quantitative estimate of drug-likeness (QED) is 0.321. The molecule has 3 N–H and O–H groups in total. The number of ether oxygens (including phenoxy) is 1. The molecule has 94 valence electrons. The molecule has 1 aliphatic rings.